The molecular formula is C12H20N4. The van der Waals surface area contributed by atoms with Crippen LogP contribution in [0.25, 0.3) is 0 Å². The highest BCUT2D eigenvalue weighted by Crippen LogP contribution is 2.27. The maximum absolute atomic E-state index is 4.05. The second-order valence-electron chi connectivity index (χ2n) is 4.90. The Morgan fingerprint density at radius 1 is 1.31 bits per heavy atom. The van der Waals surface area contributed by atoms with Crippen molar-refractivity contribution in [1.82, 2.24) is 19.8 Å². The Balaban J connectivity index is 1.45. The van der Waals surface area contributed by atoms with Crippen LogP contribution in [-0.2, 0) is 6.54 Å². The van der Waals surface area contributed by atoms with E-state index in [1.807, 2.05) is 18.7 Å². The zero-order valence-electron chi connectivity index (χ0n) is 9.68. The molecule has 0 aromatic carbocycles. The molecule has 0 aliphatic carbocycles. The summed E-state index contributed by atoms with van der Waals surface area (Å²) in [6.07, 6.45) is 9.87. The fraction of sp³-hybridized carbons (Fsp3) is 0.750. The van der Waals surface area contributed by atoms with Gasteiger partial charge in [0.05, 0.1) is 6.33 Å². The lowest BCUT2D eigenvalue weighted by atomic mass is 10.1. The number of rotatable bonds is 4. The quantitative estimate of drug-likeness (QED) is 0.811. The van der Waals surface area contributed by atoms with Gasteiger partial charge in [-0.05, 0) is 25.8 Å². The molecule has 2 unspecified atom stereocenters. The molecule has 4 nitrogen and oxygen atoms in total. The van der Waals surface area contributed by atoms with Crippen molar-refractivity contribution >= 4 is 0 Å². The van der Waals surface area contributed by atoms with Crippen LogP contribution < -0.4 is 5.32 Å². The van der Waals surface area contributed by atoms with E-state index in [0.29, 0.717) is 0 Å². The summed E-state index contributed by atoms with van der Waals surface area (Å²) in [4.78, 5) is 6.70. The van der Waals surface area contributed by atoms with Crippen LogP contribution in [0.4, 0.5) is 0 Å². The fourth-order valence-corrected chi connectivity index (χ4v) is 3.12. The Bertz CT molecular complexity index is 322. The summed E-state index contributed by atoms with van der Waals surface area (Å²) in [7, 11) is 0. The molecule has 1 N–H and O–H groups in total. The van der Waals surface area contributed by atoms with Gasteiger partial charge in [0.15, 0.2) is 0 Å². The topological polar surface area (TPSA) is 33.1 Å². The molecule has 2 fully saturated rings. The average molecular weight is 220 g/mol. The van der Waals surface area contributed by atoms with E-state index in [-0.39, 0.29) is 0 Å². The van der Waals surface area contributed by atoms with Crippen LogP contribution in [0.15, 0.2) is 18.7 Å². The van der Waals surface area contributed by atoms with Gasteiger partial charge in [0.1, 0.15) is 0 Å². The second-order valence-corrected chi connectivity index (χ2v) is 4.90. The highest BCUT2D eigenvalue weighted by atomic mass is 15.2. The van der Waals surface area contributed by atoms with Crippen LogP contribution >= 0.6 is 0 Å². The largest absolute Gasteiger partial charge is 0.336 e. The first kappa shape index (κ1) is 10.3. The first-order valence-electron chi connectivity index (χ1n) is 6.37. The first-order chi connectivity index (χ1) is 7.93. The molecule has 0 bridgehead atoms. The minimum Gasteiger partial charge on any atom is -0.336 e. The van der Waals surface area contributed by atoms with Gasteiger partial charge in [0.25, 0.3) is 0 Å². The van der Waals surface area contributed by atoms with Gasteiger partial charge in [0, 0.05) is 44.1 Å². The van der Waals surface area contributed by atoms with Gasteiger partial charge < -0.3 is 9.88 Å². The van der Waals surface area contributed by atoms with Crippen molar-refractivity contribution in [2.45, 2.75) is 37.9 Å². The van der Waals surface area contributed by atoms with E-state index < -0.39 is 0 Å². The van der Waals surface area contributed by atoms with E-state index in [2.05, 4.69) is 19.8 Å². The van der Waals surface area contributed by atoms with Crippen molar-refractivity contribution in [1.29, 1.82) is 0 Å². The first-order valence-corrected chi connectivity index (χ1v) is 6.37. The summed E-state index contributed by atoms with van der Waals surface area (Å²) in [6.45, 7) is 4.71. The normalized spacial score (nSPS) is 29.8. The number of nitrogens with zero attached hydrogens (tertiary/aromatic N) is 3. The van der Waals surface area contributed by atoms with Gasteiger partial charge in [-0.15, -0.1) is 0 Å². The molecule has 1 aromatic rings. The molecule has 3 rings (SSSR count). The van der Waals surface area contributed by atoms with E-state index >= 15 is 0 Å². The molecule has 0 saturated carbocycles. The Morgan fingerprint density at radius 2 is 2.31 bits per heavy atom. The average Bonchev–Trinajstić information content (AvgIpc) is 2.95. The molecule has 0 spiro atoms. The van der Waals surface area contributed by atoms with Crippen LogP contribution in [0.2, 0.25) is 0 Å². The smallest absolute Gasteiger partial charge is 0.0946 e. The summed E-state index contributed by atoms with van der Waals surface area (Å²) in [5.41, 5.74) is 0. The minimum atomic E-state index is 0.728. The second kappa shape index (κ2) is 4.55. The third-order valence-electron chi connectivity index (χ3n) is 3.94. The number of nitrogens with one attached hydrogen (secondary N) is 1. The third kappa shape index (κ3) is 1.99. The molecule has 16 heavy (non-hydrogen) atoms. The summed E-state index contributed by atoms with van der Waals surface area (Å²) in [6, 6.07) is 1.55. The molecule has 0 radical (unpaired) electrons. The summed E-state index contributed by atoms with van der Waals surface area (Å²) < 4.78 is 2.13. The zero-order valence-corrected chi connectivity index (χ0v) is 9.68. The molecule has 0 amide bonds. The Morgan fingerprint density at radius 3 is 3.19 bits per heavy atom. The van der Waals surface area contributed by atoms with Crippen molar-refractivity contribution in [3.05, 3.63) is 18.7 Å². The number of aromatic nitrogens is 2. The lowest BCUT2D eigenvalue weighted by molar-refractivity contribution is 0.298. The molecule has 4 heteroatoms. The maximum Gasteiger partial charge on any atom is 0.0946 e. The van der Waals surface area contributed by atoms with Gasteiger partial charge in [-0.3, -0.25) is 4.90 Å². The van der Waals surface area contributed by atoms with Gasteiger partial charge in [-0.2, -0.15) is 0 Å². The third-order valence-corrected chi connectivity index (χ3v) is 3.94. The van der Waals surface area contributed by atoms with Crippen LogP contribution in [0.5, 0.6) is 0 Å². The molecule has 88 valence electrons. The van der Waals surface area contributed by atoms with Crippen LogP contribution in [0.1, 0.15) is 19.3 Å². The van der Waals surface area contributed by atoms with Crippen molar-refractivity contribution < 1.29 is 0 Å². The van der Waals surface area contributed by atoms with E-state index in [9.17, 15) is 0 Å². The highest BCUT2D eigenvalue weighted by Gasteiger charge is 2.36. The minimum absolute atomic E-state index is 0.728. The maximum atomic E-state index is 4.05. The van der Waals surface area contributed by atoms with Crippen molar-refractivity contribution in [3.8, 4) is 0 Å². The van der Waals surface area contributed by atoms with Crippen LogP contribution in [0.3, 0.4) is 0 Å². The summed E-state index contributed by atoms with van der Waals surface area (Å²) >= 11 is 0. The summed E-state index contributed by atoms with van der Waals surface area (Å²) in [5.74, 6) is 0. The number of hydrogen-bond acceptors (Lipinski definition) is 3. The predicted octanol–water partition coefficient (Wildman–Crippen LogP) is 0.709. The Hall–Kier alpha value is -0.870. The number of fused-ring (bicyclic) bond motifs is 1. The van der Waals surface area contributed by atoms with Gasteiger partial charge in [-0.25, -0.2) is 4.98 Å². The standard InChI is InChI=1S/C12H20N4/c1-2-12-11(3-7-16(12)6-1)14-5-9-15-8-4-13-10-15/h4,8,10-12,14H,1-3,5-7,9H2. The molecule has 2 saturated heterocycles. The van der Waals surface area contributed by atoms with Gasteiger partial charge >= 0.3 is 0 Å². The van der Waals surface area contributed by atoms with E-state index in [0.717, 1.165) is 25.2 Å². The SMILES string of the molecule is c1cn(CCNC2CCN3CCCC23)cn1. The molecule has 2 aliphatic heterocycles. The van der Waals surface area contributed by atoms with E-state index in [1.54, 1.807) is 0 Å². The zero-order chi connectivity index (χ0) is 10.8. The van der Waals surface area contributed by atoms with E-state index in [1.165, 1.54) is 32.4 Å². The predicted molar refractivity (Wildman–Crippen MR) is 63.2 cm³/mol. The fourth-order valence-electron chi connectivity index (χ4n) is 3.12. The van der Waals surface area contributed by atoms with E-state index in [4.69, 9.17) is 0 Å². The van der Waals surface area contributed by atoms with Gasteiger partial charge in [0.2, 0.25) is 0 Å². The van der Waals surface area contributed by atoms with Crippen molar-refractivity contribution in [3.63, 3.8) is 0 Å². The lowest BCUT2D eigenvalue weighted by Gasteiger charge is -2.21. The van der Waals surface area contributed by atoms with Crippen molar-refractivity contribution in [2.24, 2.45) is 0 Å². The molecule has 3 heterocycles. The molecular weight excluding hydrogens is 200 g/mol. The Labute approximate surface area is 96.7 Å². The molecule has 1 aromatic heterocycles. The summed E-state index contributed by atoms with van der Waals surface area (Å²) in [5, 5.41) is 3.70. The van der Waals surface area contributed by atoms with Gasteiger partial charge in [-0.1, -0.05) is 0 Å². The molecule has 2 aliphatic rings. The Kier molecular flexibility index (Phi) is 2.93. The van der Waals surface area contributed by atoms with Crippen molar-refractivity contribution in [2.75, 3.05) is 19.6 Å². The van der Waals surface area contributed by atoms with Crippen LogP contribution in [-0.4, -0.2) is 46.2 Å². The monoisotopic (exact) mass is 220 g/mol. The lowest BCUT2D eigenvalue weighted by Crippen LogP contribution is -2.40. The van der Waals surface area contributed by atoms with Crippen LogP contribution in [0, 0.1) is 0 Å². The molecule has 2 atom stereocenters. The highest BCUT2D eigenvalue weighted by molar-refractivity contribution is 4.95. The number of hydrogen-bond donors (Lipinski definition) is 1. The number of imidazole rings is 1.